The van der Waals surface area contributed by atoms with Crippen molar-refractivity contribution in [3.8, 4) is 22.8 Å². The monoisotopic (exact) mass is 436 g/mol. The van der Waals surface area contributed by atoms with Gasteiger partial charge in [-0.05, 0) is 55.0 Å². The maximum Gasteiger partial charge on any atom is 0.247 e. The Balaban J connectivity index is 1.42. The molecular weight excluding hydrogens is 412 g/mol. The fourth-order valence-electron chi connectivity index (χ4n) is 4.06. The normalized spacial score (nSPS) is 14.6. The highest BCUT2D eigenvalue weighted by atomic mass is 16.5. The van der Waals surface area contributed by atoms with Crippen LogP contribution in [0.5, 0.6) is 11.5 Å². The van der Waals surface area contributed by atoms with E-state index in [1.54, 1.807) is 0 Å². The Kier molecular flexibility index (Phi) is 5.64. The van der Waals surface area contributed by atoms with Crippen LogP contribution in [-0.2, 0) is 4.79 Å². The molecule has 1 aliphatic heterocycles. The molecule has 1 atom stereocenters. The minimum Gasteiger partial charge on any atom is -0.457 e. The van der Waals surface area contributed by atoms with Gasteiger partial charge in [0.05, 0.1) is 11.7 Å². The molecule has 0 aliphatic carbocycles. The molecule has 1 amide bonds. The average molecular weight is 437 g/mol. The lowest BCUT2D eigenvalue weighted by molar-refractivity contribution is -0.111. The molecule has 3 aromatic carbocycles. The minimum absolute atomic E-state index is 0.0111. The molecule has 0 bridgehead atoms. The quantitative estimate of drug-likeness (QED) is 0.371. The van der Waals surface area contributed by atoms with Crippen LogP contribution in [0.2, 0.25) is 0 Å². The van der Waals surface area contributed by atoms with Crippen LogP contribution in [-0.4, -0.2) is 22.2 Å². The van der Waals surface area contributed by atoms with Gasteiger partial charge in [-0.2, -0.15) is 5.10 Å². The van der Waals surface area contributed by atoms with Gasteiger partial charge in [-0.1, -0.05) is 43.0 Å². The second-order valence-corrected chi connectivity index (χ2v) is 7.81. The Morgan fingerprint density at radius 3 is 2.55 bits per heavy atom. The summed E-state index contributed by atoms with van der Waals surface area (Å²) in [5.41, 5.74) is 3.69. The van der Waals surface area contributed by atoms with E-state index in [2.05, 4.69) is 23.3 Å². The summed E-state index contributed by atoms with van der Waals surface area (Å²) in [6.07, 6.45) is 2.14. The van der Waals surface area contributed by atoms with Crippen molar-refractivity contribution in [2.24, 2.45) is 0 Å². The molecule has 164 valence electrons. The highest BCUT2D eigenvalue weighted by Crippen LogP contribution is 2.36. The number of fused-ring (bicyclic) bond motifs is 1. The summed E-state index contributed by atoms with van der Waals surface area (Å²) in [5, 5.41) is 11.3. The Morgan fingerprint density at radius 2 is 1.76 bits per heavy atom. The third kappa shape index (κ3) is 4.36. The summed E-state index contributed by atoms with van der Waals surface area (Å²) >= 11 is 0. The number of carbonyl (C=O) groups excluding carboxylic acids is 1. The number of hydrogen-bond acceptors (Lipinski definition) is 4. The van der Waals surface area contributed by atoms with Gasteiger partial charge in [0.15, 0.2) is 0 Å². The molecule has 0 radical (unpaired) electrons. The lowest BCUT2D eigenvalue weighted by Gasteiger charge is -2.27. The summed E-state index contributed by atoms with van der Waals surface area (Å²) in [7, 11) is 0. The molecule has 2 heterocycles. The molecule has 0 fully saturated rings. The first-order chi connectivity index (χ1) is 16.2. The largest absolute Gasteiger partial charge is 0.457 e. The number of aromatic nitrogens is 2. The van der Waals surface area contributed by atoms with Crippen LogP contribution in [0.15, 0.2) is 97.6 Å². The first kappa shape index (κ1) is 20.6. The van der Waals surface area contributed by atoms with Crippen LogP contribution in [0.1, 0.15) is 18.0 Å². The lowest BCUT2D eigenvalue weighted by Crippen LogP contribution is -2.25. The topological polar surface area (TPSA) is 68.2 Å². The smallest absolute Gasteiger partial charge is 0.247 e. The standard InChI is InChI=1S/C27H24N4O2/c1-2-27(32)29-23-11-7-6-10-22(23)25-16-17-28-26-18-24(30-31(25)26)19-12-14-21(15-13-19)33-20-8-4-3-5-9-20/h2-15,18,25,28H,1,16-17H2,(H,29,32). The molecule has 0 spiro atoms. The summed E-state index contributed by atoms with van der Waals surface area (Å²) < 4.78 is 7.91. The van der Waals surface area contributed by atoms with E-state index in [1.165, 1.54) is 6.08 Å². The van der Waals surface area contributed by atoms with Gasteiger partial charge in [-0.15, -0.1) is 0 Å². The van der Waals surface area contributed by atoms with Gasteiger partial charge in [-0.25, -0.2) is 4.68 Å². The van der Waals surface area contributed by atoms with Crippen molar-refractivity contribution in [1.29, 1.82) is 0 Å². The van der Waals surface area contributed by atoms with Gasteiger partial charge in [0.1, 0.15) is 17.3 Å². The molecule has 0 saturated heterocycles. The number of anilines is 2. The van der Waals surface area contributed by atoms with Crippen LogP contribution in [0.3, 0.4) is 0 Å². The fourth-order valence-corrected chi connectivity index (χ4v) is 4.06. The number of nitrogens with one attached hydrogen (secondary N) is 2. The van der Waals surface area contributed by atoms with Crippen LogP contribution >= 0.6 is 0 Å². The van der Waals surface area contributed by atoms with Crippen molar-refractivity contribution in [2.45, 2.75) is 12.5 Å². The second kappa shape index (κ2) is 9.04. The predicted molar refractivity (Wildman–Crippen MR) is 131 cm³/mol. The summed E-state index contributed by atoms with van der Waals surface area (Å²) in [6.45, 7) is 4.38. The Morgan fingerprint density at radius 1 is 1.03 bits per heavy atom. The van der Waals surface area contributed by atoms with Crippen LogP contribution in [0, 0.1) is 0 Å². The Bertz CT molecular complexity index is 1280. The molecule has 4 aromatic rings. The van der Waals surface area contributed by atoms with Crippen molar-refractivity contribution in [3.05, 3.63) is 103 Å². The molecule has 1 aromatic heterocycles. The molecule has 5 rings (SSSR count). The number of rotatable bonds is 6. The highest BCUT2D eigenvalue weighted by molar-refractivity contribution is 5.99. The zero-order chi connectivity index (χ0) is 22.6. The van der Waals surface area contributed by atoms with E-state index in [0.717, 1.165) is 52.8 Å². The summed E-state index contributed by atoms with van der Waals surface area (Å²) in [4.78, 5) is 11.9. The highest BCUT2D eigenvalue weighted by Gasteiger charge is 2.25. The molecule has 6 heteroatoms. The number of hydrogen-bond donors (Lipinski definition) is 2. The molecule has 1 aliphatic rings. The van der Waals surface area contributed by atoms with Gasteiger partial charge < -0.3 is 15.4 Å². The van der Waals surface area contributed by atoms with Gasteiger partial charge in [-0.3, -0.25) is 4.79 Å². The van der Waals surface area contributed by atoms with Gasteiger partial charge in [0, 0.05) is 29.4 Å². The molecule has 33 heavy (non-hydrogen) atoms. The number of ether oxygens (including phenoxy) is 1. The van der Waals surface area contributed by atoms with Gasteiger partial charge in [0.25, 0.3) is 0 Å². The van der Waals surface area contributed by atoms with Crippen molar-refractivity contribution >= 4 is 17.4 Å². The van der Waals surface area contributed by atoms with Crippen LogP contribution in [0.4, 0.5) is 11.5 Å². The molecular formula is C27H24N4O2. The number of amides is 1. The molecule has 2 N–H and O–H groups in total. The molecule has 1 unspecified atom stereocenters. The van der Waals surface area contributed by atoms with E-state index in [0.29, 0.717) is 0 Å². The van der Waals surface area contributed by atoms with Crippen molar-refractivity contribution in [2.75, 3.05) is 17.2 Å². The number of benzene rings is 3. The van der Waals surface area contributed by atoms with E-state index in [9.17, 15) is 4.79 Å². The summed E-state index contributed by atoms with van der Waals surface area (Å²) in [5.74, 6) is 2.31. The Labute approximate surface area is 192 Å². The average Bonchev–Trinajstić information content (AvgIpc) is 3.30. The van der Waals surface area contributed by atoms with E-state index in [4.69, 9.17) is 9.84 Å². The van der Waals surface area contributed by atoms with E-state index < -0.39 is 0 Å². The maximum atomic E-state index is 11.9. The second-order valence-electron chi connectivity index (χ2n) is 7.81. The third-order valence-corrected chi connectivity index (χ3v) is 5.65. The van der Waals surface area contributed by atoms with Crippen LogP contribution in [0.25, 0.3) is 11.3 Å². The van der Waals surface area contributed by atoms with Crippen molar-refractivity contribution < 1.29 is 9.53 Å². The number of carbonyl (C=O) groups is 1. The fraction of sp³-hybridized carbons (Fsp3) is 0.111. The van der Waals surface area contributed by atoms with Gasteiger partial charge in [0.2, 0.25) is 5.91 Å². The third-order valence-electron chi connectivity index (χ3n) is 5.65. The SMILES string of the molecule is C=CC(=O)Nc1ccccc1C1CCNc2cc(-c3ccc(Oc4ccccc4)cc3)nn21. The van der Waals surface area contributed by atoms with E-state index in [-0.39, 0.29) is 11.9 Å². The van der Waals surface area contributed by atoms with Crippen molar-refractivity contribution in [1.82, 2.24) is 9.78 Å². The number of para-hydroxylation sites is 2. The zero-order valence-corrected chi connectivity index (χ0v) is 18.1. The maximum absolute atomic E-state index is 11.9. The van der Waals surface area contributed by atoms with E-state index >= 15 is 0 Å². The first-order valence-electron chi connectivity index (χ1n) is 10.9. The van der Waals surface area contributed by atoms with E-state index in [1.807, 2.05) is 83.5 Å². The molecule has 0 saturated carbocycles. The lowest BCUT2D eigenvalue weighted by atomic mass is 10.0. The van der Waals surface area contributed by atoms with Crippen molar-refractivity contribution in [3.63, 3.8) is 0 Å². The Hall–Kier alpha value is -4.32. The minimum atomic E-state index is -0.226. The molecule has 6 nitrogen and oxygen atoms in total. The zero-order valence-electron chi connectivity index (χ0n) is 18.1. The predicted octanol–water partition coefficient (Wildman–Crippen LogP) is 5.87. The summed E-state index contributed by atoms with van der Waals surface area (Å²) in [6, 6.07) is 27.6. The first-order valence-corrected chi connectivity index (χ1v) is 10.9. The van der Waals surface area contributed by atoms with Gasteiger partial charge >= 0.3 is 0 Å². The van der Waals surface area contributed by atoms with Crippen LogP contribution < -0.4 is 15.4 Å². The number of nitrogens with zero attached hydrogens (tertiary/aromatic N) is 2.